The van der Waals surface area contributed by atoms with Crippen LogP contribution in [0.25, 0.3) is 0 Å². The summed E-state index contributed by atoms with van der Waals surface area (Å²) in [5.74, 6) is 2.24. The number of nitrogens with one attached hydrogen (secondary N) is 3. The molecular weight excluding hydrogens is 368 g/mol. The minimum atomic E-state index is -0.307. The number of hydrogen-bond acceptors (Lipinski definition) is 6. The molecule has 1 saturated heterocycles. The van der Waals surface area contributed by atoms with Gasteiger partial charge >= 0.3 is 6.03 Å². The number of carbonyl (C=O) groups is 1. The second kappa shape index (κ2) is 9.27. The Bertz CT molecular complexity index is 782. The Balaban J connectivity index is 1.41. The van der Waals surface area contributed by atoms with Crippen molar-refractivity contribution in [3.05, 3.63) is 35.6 Å². The van der Waals surface area contributed by atoms with Crippen molar-refractivity contribution in [1.82, 2.24) is 15.3 Å². The highest BCUT2D eigenvalue weighted by atomic mass is 35.5. The Morgan fingerprint density at radius 3 is 2.78 bits per heavy atom. The summed E-state index contributed by atoms with van der Waals surface area (Å²) in [5, 5.41) is 9.14. The maximum Gasteiger partial charge on any atom is 0.319 e. The van der Waals surface area contributed by atoms with E-state index in [4.69, 9.17) is 16.3 Å². The second-order valence-electron chi connectivity index (χ2n) is 6.11. The lowest BCUT2D eigenvalue weighted by atomic mass is 10.3. The first kappa shape index (κ1) is 19.0. The van der Waals surface area contributed by atoms with Crippen LogP contribution in [0.3, 0.4) is 0 Å². The molecule has 0 saturated carbocycles. The molecule has 0 bridgehead atoms. The number of benzene rings is 1. The molecule has 1 aliphatic heterocycles. The zero-order chi connectivity index (χ0) is 19.1. The highest BCUT2D eigenvalue weighted by Crippen LogP contribution is 2.27. The van der Waals surface area contributed by atoms with Gasteiger partial charge in [-0.15, -0.1) is 0 Å². The van der Waals surface area contributed by atoms with Crippen LogP contribution in [-0.2, 0) is 0 Å². The highest BCUT2D eigenvalue weighted by molar-refractivity contribution is 6.32. The lowest BCUT2D eigenvalue weighted by molar-refractivity contribution is 0.252. The molecule has 0 spiro atoms. The molecule has 0 atom stereocenters. The molecule has 2 heterocycles. The summed E-state index contributed by atoms with van der Waals surface area (Å²) in [4.78, 5) is 22.7. The van der Waals surface area contributed by atoms with Gasteiger partial charge in [-0.05, 0) is 31.0 Å². The molecule has 0 unspecified atom stereocenters. The van der Waals surface area contributed by atoms with Gasteiger partial charge in [-0.25, -0.2) is 14.8 Å². The quantitative estimate of drug-likeness (QED) is 0.629. The number of hydrogen-bond donors (Lipinski definition) is 3. The molecular formula is C18H23ClN6O2. The van der Waals surface area contributed by atoms with Gasteiger partial charge in [0, 0.05) is 37.9 Å². The summed E-state index contributed by atoms with van der Waals surface area (Å²) in [7, 11) is 1.54. The summed E-state index contributed by atoms with van der Waals surface area (Å²) in [6.07, 6.45) is 3.96. The molecule has 0 aliphatic carbocycles. The maximum absolute atomic E-state index is 12.0. The SMILES string of the molecule is COc1ccc(NC(=O)NCCNc2cc(N3CCCC3)ncn2)cc1Cl. The van der Waals surface area contributed by atoms with E-state index in [1.807, 2.05) is 6.07 Å². The van der Waals surface area contributed by atoms with Crippen LogP contribution in [0.15, 0.2) is 30.6 Å². The van der Waals surface area contributed by atoms with E-state index in [0.29, 0.717) is 29.5 Å². The van der Waals surface area contributed by atoms with Gasteiger partial charge in [0.1, 0.15) is 23.7 Å². The van der Waals surface area contributed by atoms with Gasteiger partial charge in [0.2, 0.25) is 0 Å². The first-order valence-electron chi connectivity index (χ1n) is 8.85. The monoisotopic (exact) mass is 390 g/mol. The number of urea groups is 1. The molecule has 3 rings (SSSR count). The number of methoxy groups -OCH3 is 1. The number of aromatic nitrogens is 2. The van der Waals surface area contributed by atoms with E-state index in [-0.39, 0.29) is 6.03 Å². The molecule has 2 aromatic rings. The molecule has 27 heavy (non-hydrogen) atoms. The van der Waals surface area contributed by atoms with Crippen LogP contribution < -0.4 is 25.6 Å². The number of rotatable bonds is 7. The smallest absolute Gasteiger partial charge is 0.319 e. The van der Waals surface area contributed by atoms with Gasteiger partial charge in [0.15, 0.2) is 0 Å². The molecule has 1 aromatic carbocycles. The number of ether oxygens (including phenoxy) is 1. The summed E-state index contributed by atoms with van der Waals surface area (Å²) in [5.41, 5.74) is 0.595. The van der Waals surface area contributed by atoms with Gasteiger partial charge in [0.25, 0.3) is 0 Å². The van der Waals surface area contributed by atoms with Crippen LogP contribution in [0.4, 0.5) is 22.1 Å². The van der Waals surface area contributed by atoms with Crippen molar-refractivity contribution in [2.75, 3.05) is 48.8 Å². The van der Waals surface area contributed by atoms with E-state index in [0.717, 1.165) is 24.7 Å². The Morgan fingerprint density at radius 2 is 2.04 bits per heavy atom. The second-order valence-corrected chi connectivity index (χ2v) is 6.52. The van der Waals surface area contributed by atoms with Crippen LogP contribution in [0.2, 0.25) is 5.02 Å². The molecule has 9 heteroatoms. The van der Waals surface area contributed by atoms with Gasteiger partial charge in [-0.1, -0.05) is 11.6 Å². The molecule has 1 aromatic heterocycles. The fourth-order valence-corrected chi connectivity index (χ4v) is 3.11. The van der Waals surface area contributed by atoms with Crippen molar-refractivity contribution >= 4 is 35.0 Å². The molecule has 1 fully saturated rings. The Hall–Kier alpha value is -2.74. The van der Waals surface area contributed by atoms with Gasteiger partial charge < -0.3 is 25.6 Å². The van der Waals surface area contributed by atoms with Crippen LogP contribution in [0.1, 0.15) is 12.8 Å². The van der Waals surface area contributed by atoms with Crippen LogP contribution in [0, 0.1) is 0 Å². The van der Waals surface area contributed by atoms with Crippen LogP contribution >= 0.6 is 11.6 Å². The Morgan fingerprint density at radius 1 is 1.22 bits per heavy atom. The van der Waals surface area contributed by atoms with Crippen LogP contribution in [0.5, 0.6) is 5.75 Å². The largest absolute Gasteiger partial charge is 0.495 e. The standard InChI is InChI=1S/C18H23ClN6O2/c1-27-15-5-4-13(10-14(15)19)24-18(26)21-7-6-20-16-11-17(23-12-22-16)25-8-2-3-9-25/h4-5,10-12H,2-3,6-9H2,1H3,(H,20,22,23)(H2,21,24,26). The fraction of sp³-hybridized carbons (Fsp3) is 0.389. The fourth-order valence-electron chi connectivity index (χ4n) is 2.85. The van der Waals surface area contributed by atoms with Crippen LogP contribution in [-0.4, -0.2) is 49.3 Å². The zero-order valence-electron chi connectivity index (χ0n) is 15.2. The molecule has 144 valence electrons. The van der Waals surface area contributed by atoms with E-state index in [1.165, 1.54) is 12.8 Å². The van der Waals surface area contributed by atoms with E-state index in [1.54, 1.807) is 31.6 Å². The lowest BCUT2D eigenvalue weighted by Gasteiger charge is -2.16. The number of nitrogens with zero attached hydrogens (tertiary/aromatic N) is 3. The van der Waals surface area contributed by atoms with Gasteiger partial charge in [0.05, 0.1) is 12.1 Å². The summed E-state index contributed by atoms with van der Waals surface area (Å²) in [6.45, 7) is 3.06. The normalized spacial score (nSPS) is 13.3. The highest BCUT2D eigenvalue weighted by Gasteiger charge is 2.13. The third-order valence-corrected chi connectivity index (χ3v) is 4.50. The molecule has 3 N–H and O–H groups in total. The minimum absolute atomic E-state index is 0.307. The summed E-state index contributed by atoms with van der Waals surface area (Å²) >= 11 is 6.05. The number of carbonyl (C=O) groups excluding carboxylic acids is 1. The number of halogens is 1. The maximum atomic E-state index is 12.0. The molecule has 8 nitrogen and oxygen atoms in total. The van der Waals surface area contributed by atoms with E-state index in [9.17, 15) is 4.79 Å². The van der Waals surface area contributed by atoms with Crippen molar-refractivity contribution in [2.24, 2.45) is 0 Å². The predicted octanol–water partition coefficient (Wildman–Crippen LogP) is 2.97. The van der Waals surface area contributed by atoms with Crippen molar-refractivity contribution in [3.8, 4) is 5.75 Å². The number of anilines is 3. The lowest BCUT2D eigenvalue weighted by Crippen LogP contribution is -2.32. The van der Waals surface area contributed by atoms with Crippen molar-refractivity contribution in [1.29, 1.82) is 0 Å². The molecule has 2 amide bonds. The molecule has 1 aliphatic rings. The van der Waals surface area contributed by atoms with Crippen molar-refractivity contribution in [2.45, 2.75) is 12.8 Å². The van der Waals surface area contributed by atoms with E-state index >= 15 is 0 Å². The van der Waals surface area contributed by atoms with Gasteiger partial charge in [-0.3, -0.25) is 0 Å². The predicted molar refractivity (Wildman–Crippen MR) is 107 cm³/mol. The number of amides is 2. The van der Waals surface area contributed by atoms with Crippen molar-refractivity contribution < 1.29 is 9.53 Å². The van der Waals surface area contributed by atoms with Crippen molar-refractivity contribution in [3.63, 3.8) is 0 Å². The van der Waals surface area contributed by atoms with Gasteiger partial charge in [-0.2, -0.15) is 0 Å². The first-order valence-corrected chi connectivity index (χ1v) is 9.23. The first-order chi connectivity index (χ1) is 13.2. The van der Waals surface area contributed by atoms with E-state index < -0.39 is 0 Å². The Kier molecular flexibility index (Phi) is 6.54. The average molecular weight is 391 g/mol. The molecule has 0 radical (unpaired) electrons. The topological polar surface area (TPSA) is 91.4 Å². The summed E-state index contributed by atoms with van der Waals surface area (Å²) in [6, 6.07) is 6.69. The summed E-state index contributed by atoms with van der Waals surface area (Å²) < 4.78 is 5.09. The average Bonchev–Trinajstić information content (AvgIpc) is 3.21. The zero-order valence-corrected chi connectivity index (χ0v) is 15.9. The van der Waals surface area contributed by atoms with E-state index in [2.05, 4.69) is 30.8 Å². The Labute approximate surface area is 163 Å². The minimum Gasteiger partial charge on any atom is -0.495 e. The third kappa shape index (κ3) is 5.37. The third-order valence-electron chi connectivity index (χ3n) is 4.21.